The second-order valence-electron chi connectivity index (χ2n) is 4.02. The van der Waals surface area contributed by atoms with Crippen molar-refractivity contribution in [3.05, 3.63) is 0 Å². The zero-order valence-electron chi connectivity index (χ0n) is 9.60. The number of hydrogen-bond acceptors (Lipinski definition) is 2. The van der Waals surface area contributed by atoms with Crippen LogP contribution in [0.2, 0.25) is 0 Å². The van der Waals surface area contributed by atoms with Gasteiger partial charge in [-0.1, -0.05) is 32.6 Å². The number of terminal acetylenes is 1. The largest absolute Gasteiger partial charge is 0.315 e. The van der Waals surface area contributed by atoms with E-state index in [9.17, 15) is 0 Å². The van der Waals surface area contributed by atoms with E-state index in [0.29, 0.717) is 6.54 Å². The normalized spacial score (nSPS) is 10.4. The Balaban J connectivity index is 2.89. The van der Waals surface area contributed by atoms with Crippen LogP contribution < -0.4 is 10.6 Å². The summed E-state index contributed by atoms with van der Waals surface area (Å²) >= 11 is 0. The maximum absolute atomic E-state index is 5.10. The summed E-state index contributed by atoms with van der Waals surface area (Å²) < 4.78 is 0. The first-order valence-corrected chi connectivity index (χ1v) is 5.62. The lowest BCUT2D eigenvalue weighted by molar-refractivity contribution is 0.518. The van der Waals surface area contributed by atoms with Crippen molar-refractivity contribution >= 4 is 0 Å². The molecule has 0 aliphatic heterocycles. The average Bonchev–Trinajstić information content (AvgIpc) is 2.15. The summed E-state index contributed by atoms with van der Waals surface area (Å²) in [6.45, 7) is 8.34. The highest BCUT2D eigenvalue weighted by Crippen LogP contribution is 2.04. The average molecular weight is 196 g/mol. The van der Waals surface area contributed by atoms with E-state index in [4.69, 9.17) is 6.42 Å². The predicted octanol–water partition coefficient (Wildman–Crippen LogP) is 1.63. The van der Waals surface area contributed by atoms with Gasteiger partial charge in [0.05, 0.1) is 6.54 Å². The van der Waals surface area contributed by atoms with Gasteiger partial charge in [0.15, 0.2) is 0 Å². The molecule has 2 heteroatoms. The molecule has 82 valence electrons. The molecule has 0 heterocycles. The van der Waals surface area contributed by atoms with Gasteiger partial charge in [-0.15, -0.1) is 6.42 Å². The van der Waals surface area contributed by atoms with Crippen LogP contribution in [0.3, 0.4) is 0 Å². The molecule has 0 aliphatic carbocycles. The SMILES string of the molecule is C#CCNCCNCCCCC(C)C. The first kappa shape index (κ1) is 13.5. The Kier molecular flexibility index (Phi) is 10.2. The van der Waals surface area contributed by atoms with Crippen molar-refractivity contribution in [1.82, 2.24) is 10.6 Å². The van der Waals surface area contributed by atoms with Gasteiger partial charge in [0.25, 0.3) is 0 Å². The summed E-state index contributed by atoms with van der Waals surface area (Å²) in [4.78, 5) is 0. The second-order valence-corrected chi connectivity index (χ2v) is 4.02. The van der Waals surface area contributed by atoms with Gasteiger partial charge in [-0.3, -0.25) is 0 Å². The quantitative estimate of drug-likeness (QED) is 0.432. The molecule has 0 saturated carbocycles. The topological polar surface area (TPSA) is 24.1 Å². The third kappa shape index (κ3) is 11.5. The molecule has 0 bridgehead atoms. The van der Waals surface area contributed by atoms with Crippen molar-refractivity contribution in [3.63, 3.8) is 0 Å². The van der Waals surface area contributed by atoms with Gasteiger partial charge in [0.2, 0.25) is 0 Å². The summed E-state index contributed by atoms with van der Waals surface area (Å²) in [6.07, 6.45) is 9.07. The molecule has 0 saturated heterocycles. The second kappa shape index (κ2) is 10.6. The summed E-state index contributed by atoms with van der Waals surface area (Å²) in [5.74, 6) is 3.39. The molecule has 2 nitrogen and oxygen atoms in total. The zero-order valence-corrected chi connectivity index (χ0v) is 9.60. The number of unbranched alkanes of at least 4 members (excludes halogenated alkanes) is 1. The Labute approximate surface area is 88.9 Å². The van der Waals surface area contributed by atoms with Crippen LogP contribution in [0, 0.1) is 18.3 Å². The van der Waals surface area contributed by atoms with Gasteiger partial charge in [0.1, 0.15) is 0 Å². The van der Waals surface area contributed by atoms with Crippen LogP contribution in [-0.4, -0.2) is 26.2 Å². The molecule has 0 aromatic rings. The van der Waals surface area contributed by atoms with Crippen molar-refractivity contribution in [2.24, 2.45) is 5.92 Å². The molecular weight excluding hydrogens is 172 g/mol. The molecule has 14 heavy (non-hydrogen) atoms. The van der Waals surface area contributed by atoms with Crippen LogP contribution in [0.25, 0.3) is 0 Å². The van der Waals surface area contributed by atoms with E-state index in [0.717, 1.165) is 25.6 Å². The molecule has 0 aromatic carbocycles. The summed E-state index contributed by atoms with van der Waals surface area (Å²) in [5, 5.41) is 6.53. The smallest absolute Gasteiger partial charge is 0.0574 e. The Bertz CT molecular complexity index is 147. The van der Waals surface area contributed by atoms with Crippen LogP contribution in [-0.2, 0) is 0 Å². The van der Waals surface area contributed by atoms with Crippen LogP contribution >= 0.6 is 0 Å². The minimum Gasteiger partial charge on any atom is -0.315 e. The summed E-state index contributed by atoms with van der Waals surface area (Å²) in [5.41, 5.74) is 0. The van der Waals surface area contributed by atoms with E-state index in [1.165, 1.54) is 19.3 Å². The van der Waals surface area contributed by atoms with E-state index in [1.54, 1.807) is 0 Å². The van der Waals surface area contributed by atoms with Crippen LogP contribution in [0.1, 0.15) is 33.1 Å². The van der Waals surface area contributed by atoms with Crippen molar-refractivity contribution in [3.8, 4) is 12.3 Å². The lowest BCUT2D eigenvalue weighted by Gasteiger charge is -2.06. The molecule has 0 radical (unpaired) electrons. The van der Waals surface area contributed by atoms with Gasteiger partial charge in [-0.2, -0.15) is 0 Å². The van der Waals surface area contributed by atoms with E-state index in [-0.39, 0.29) is 0 Å². The molecule has 0 amide bonds. The Hall–Kier alpha value is -0.520. The first-order valence-electron chi connectivity index (χ1n) is 5.62. The van der Waals surface area contributed by atoms with Crippen LogP contribution in [0.5, 0.6) is 0 Å². The molecular formula is C12H24N2. The van der Waals surface area contributed by atoms with Crippen molar-refractivity contribution < 1.29 is 0 Å². The fourth-order valence-electron chi connectivity index (χ4n) is 1.26. The first-order chi connectivity index (χ1) is 6.77. The van der Waals surface area contributed by atoms with Crippen molar-refractivity contribution in [1.29, 1.82) is 0 Å². The molecule has 0 atom stereocenters. The summed E-state index contributed by atoms with van der Waals surface area (Å²) in [6, 6.07) is 0. The number of rotatable bonds is 9. The predicted molar refractivity (Wildman–Crippen MR) is 63.3 cm³/mol. The maximum atomic E-state index is 5.10. The van der Waals surface area contributed by atoms with Gasteiger partial charge >= 0.3 is 0 Å². The highest BCUT2D eigenvalue weighted by molar-refractivity contribution is 4.86. The van der Waals surface area contributed by atoms with Crippen molar-refractivity contribution in [2.75, 3.05) is 26.2 Å². The van der Waals surface area contributed by atoms with E-state index in [1.807, 2.05) is 0 Å². The lowest BCUT2D eigenvalue weighted by atomic mass is 10.1. The third-order valence-electron chi connectivity index (χ3n) is 2.09. The fraction of sp³-hybridized carbons (Fsp3) is 0.833. The summed E-state index contributed by atoms with van der Waals surface area (Å²) in [7, 11) is 0. The standard InChI is InChI=1S/C12H24N2/c1-4-8-13-10-11-14-9-6-5-7-12(2)3/h1,12-14H,5-11H2,2-3H3. The number of hydrogen-bond donors (Lipinski definition) is 2. The van der Waals surface area contributed by atoms with E-state index < -0.39 is 0 Å². The Morgan fingerprint density at radius 1 is 1.07 bits per heavy atom. The van der Waals surface area contributed by atoms with Crippen LogP contribution in [0.4, 0.5) is 0 Å². The molecule has 0 aromatic heterocycles. The highest BCUT2D eigenvalue weighted by Gasteiger charge is 1.93. The Morgan fingerprint density at radius 2 is 1.79 bits per heavy atom. The fourth-order valence-corrected chi connectivity index (χ4v) is 1.26. The van der Waals surface area contributed by atoms with Crippen LogP contribution in [0.15, 0.2) is 0 Å². The molecule has 0 spiro atoms. The Morgan fingerprint density at radius 3 is 2.43 bits per heavy atom. The molecule has 0 fully saturated rings. The molecule has 0 unspecified atom stereocenters. The van der Waals surface area contributed by atoms with Gasteiger partial charge in [-0.05, 0) is 18.9 Å². The van der Waals surface area contributed by atoms with Gasteiger partial charge < -0.3 is 10.6 Å². The molecule has 0 rings (SSSR count). The van der Waals surface area contributed by atoms with Gasteiger partial charge in [0, 0.05) is 13.1 Å². The van der Waals surface area contributed by atoms with Crippen molar-refractivity contribution in [2.45, 2.75) is 33.1 Å². The van der Waals surface area contributed by atoms with E-state index in [2.05, 4.69) is 30.4 Å². The highest BCUT2D eigenvalue weighted by atomic mass is 14.9. The maximum Gasteiger partial charge on any atom is 0.0574 e. The zero-order chi connectivity index (χ0) is 10.6. The van der Waals surface area contributed by atoms with Gasteiger partial charge in [-0.25, -0.2) is 0 Å². The molecule has 2 N–H and O–H groups in total. The minimum atomic E-state index is 0.676. The lowest BCUT2D eigenvalue weighted by Crippen LogP contribution is -2.28. The third-order valence-corrected chi connectivity index (χ3v) is 2.09. The van der Waals surface area contributed by atoms with E-state index >= 15 is 0 Å². The number of nitrogens with one attached hydrogen (secondary N) is 2. The molecule has 0 aliphatic rings. The minimum absolute atomic E-state index is 0.676. The monoisotopic (exact) mass is 196 g/mol.